The van der Waals surface area contributed by atoms with Gasteiger partial charge in [-0.05, 0) is 31.9 Å². The van der Waals surface area contributed by atoms with E-state index in [0.29, 0.717) is 32.5 Å². The van der Waals surface area contributed by atoms with Crippen molar-refractivity contribution in [3.63, 3.8) is 0 Å². The van der Waals surface area contributed by atoms with Gasteiger partial charge in [-0.1, -0.05) is 0 Å². The number of aromatic hydroxyl groups is 2. The van der Waals surface area contributed by atoms with E-state index in [-0.39, 0.29) is 47.8 Å². The maximum absolute atomic E-state index is 12.4. The Bertz CT molecular complexity index is 647. The molecule has 142 valence electrons. The van der Waals surface area contributed by atoms with Crippen LogP contribution in [0, 0.1) is 0 Å². The Morgan fingerprint density at radius 3 is 2.31 bits per heavy atom. The fourth-order valence-corrected chi connectivity index (χ4v) is 2.88. The van der Waals surface area contributed by atoms with Crippen molar-refractivity contribution in [2.45, 2.75) is 38.6 Å². The SMILES string of the molecule is CCOC(=O)CCC(=O)NC1CCN(C(=O)c2cc(O)cc(O)c2)CC1. The fraction of sp³-hybridized carbons (Fsp3) is 0.500. The normalized spacial score (nSPS) is 14.7. The first-order valence-electron chi connectivity index (χ1n) is 8.66. The first kappa shape index (κ1) is 19.6. The molecule has 1 saturated heterocycles. The second-order valence-electron chi connectivity index (χ2n) is 6.18. The molecule has 1 aliphatic heterocycles. The van der Waals surface area contributed by atoms with Gasteiger partial charge in [0.1, 0.15) is 11.5 Å². The molecule has 26 heavy (non-hydrogen) atoms. The van der Waals surface area contributed by atoms with Crippen LogP contribution < -0.4 is 5.32 Å². The molecule has 8 nitrogen and oxygen atoms in total. The number of nitrogens with one attached hydrogen (secondary N) is 1. The summed E-state index contributed by atoms with van der Waals surface area (Å²) in [6.45, 7) is 2.92. The van der Waals surface area contributed by atoms with Gasteiger partial charge in [0.2, 0.25) is 5.91 Å². The lowest BCUT2D eigenvalue weighted by Crippen LogP contribution is -2.46. The van der Waals surface area contributed by atoms with Crippen molar-refractivity contribution < 1.29 is 29.3 Å². The van der Waals surface area contributed by atoms with E-state index in [9.17, 15) is 24.6 Å². The number of carbonyl (C=O) groups is 3. The lowest BCUT2D eigenvalue weighted by atomic mass is 10.0. The first-order valence-corrected chi connectivity index (χ1v) is 8.66. The van der Waals surface area contributed by atoms with Crippen LogP contribution in [-0.4, -0.2) is 58.6 Å². The number of phenolic OH excluding ortho intramolecular Hbond substituents is 2. The van der Waals surface area contributed by atoms with Gasteiger partial charge in [-0.15, -0.1) is 0 Å². The monoisotopic (exact) mass is 364 g/mol. The highest BCUT2D eigenvalue weighted by atomic mass is 16.5. The number of ether oxygens (including phenoxy) is 1. The predicted octanol–water partition coefficient (Wildman–Crippen LogP) is 1.16. The smallest absolute Gasteiger partial charge is 0.306 e. The molecule has 2 amide bonds. The number of hydrogen-bond donors (Lipinski definition) is 3. The van der Waals surface area contributed by atoms with Crippen molar-refractivity contribution in [2.75, 3.05) is 19.7 Å². The first-order chi connectivity index (χ1) is 12.4. The number of carbonyl (C=O) groups excluding carboxylic acids is 3. The zero-order chi connectivity index (χ0) is 19.1. The van der Waals surface area contributed by atoms with E-state index in [1.807, 2.05) is 0 Å². The number of hydrogen-bond acceptors (Lipinski definition) is 6. The van der Waals surface area contributed by atoms with Gasteiger partial charge < -0.3 is 25.2 Å². The van der Waals surface area contributed by atoms with Gasteiger partial charge >= 0.3 is 5.97 Å². The maximum Gasteiger partial charge on any atom is 0.306 e. The number of phenols is 2. The second kappa shape index (κ2) is 9.07. The molecule has 0 aliphatic carbocycles. The molecular weight excluding hydrogens is 340 g/mol. The molecule has 1 fully saturated rings. The number of likely N-dealkylation sites (tertiary alicyclic amines) is 1. The van der Waals surface area contributed by atoms with Gasteiger partial charge in [-0.25, -0.2) is 0 Å². The molecule has 1 heterocycles. The maximum atomic E-state index is 12.4. The number of nitrogens with zero attached hydrogens (tertiary/aromatic N) is 1. The summed E-state index contributed by atoms with van der Waals surface area (Å²) in [7, 11) is 0. The van der Waals surface area contributed by atoms with Crippen molar-refractivity contribution in [1.82, 2.24) is 10.2 Å². The highest BCUT2D eigenvalue weighted by Gasteiger charge is 2.25. The summed E-state index contributed by atoms with van der Waals surface area (Å²) >= 11 is 0. The zero-order valence-electron chi connectivity index (χ0n) is 14.7. The van der Waals surface area contributed by atoms with Gasteiger partial charge in [-0.2, -0.15) is 0 Å². The summed E-state index contributed by atoms with van der Waals surface area (Å²) in [5.74, 6) is -1.21. The fourth-order valence-electron chi connectivity index (χ4n) is 2.88. The van der Waals surface area contributed by atoms with Crippen LogP contribution in [0.5, 0.6) is 11.5 Å². The molecule has 0 atom stereocenters. The van der Waals surface area contributed by atoms with Gasteiger partial charge in [0.15, 0.2) is 0 Å². The van der Waals surface area contributed by atoms with E-state index in [1.54, 1.807) is 11.8 Å². The average molecular weight is 364 g/mol. The van der Waals surface area contributed by atoms with E-state index in [4.69, 9.17) is 4.74 Å². The molecule has 0 saturated carbocycles. The summed E-state index contributed by atoms with van der Waals surface area (Å²) in [4.78, 5) is 37.2. The Balaban J connectivity index is 1.78. The topological polar surface area (TPSA) is 116 Å². The number of rotatable bonds is 6. The molecule has 3 N–H and O–H groups in total. The standard InChI is InChI=1S/C18H24N2O6/c1-2-26-17(24)4-3-16(23)19-13-5-7-20(8-6-13)18(25)12-9-14(21)11-15(22)10-12/h9-11,13,21-22H,2-8H2,1H3,(H,19,23). The van der Waals surface area contributed by atoms with Crippen LogP contribution in [0.2, 0.25) is 0 Å². The van der Waals surface area contributed by atoms with Gasteiger partial charge in [0.25, 0.3) is 5.91 Å². The van der Waals surface area contributed by atoms with Crippen LogP contribution >= 0.6 is 0 Å². The minimum absolute atomic E-state index is 0.0497. The van der Waals surface area contributed by atoms with E-state index < -0.39 is 5.97 Å². The van der Waals surface area contributed by atoms with Gasteiger partial charge in [0.05, 0.1) is 13.0 Å². The molecule has 8 heteroatoms. The van der Waals surface area contributed by atoms with Crippen LogP contribution in [0.1, 0.15) is 43.0 Å². The molecule has 0 bridgehead atoms. The molecule has 0 aromatic heterocycles. The molecule has 1 aromatic rings. The zero-order valence-corrected chi connectivity index (χ0v) is 14.7. The Kier molecular flexibility index (Phi) is 6.82. The molecule has 0 unspecified atom stereocenters. The Hall–Kier alpha value is -2.77. The lowest BCUT2D eigenvalue weighted by molar-refractivity contribution is -0.144. The van der Waals surface area contributed by atoms with Crippen LogP contribution in [0.3, 0.4) is 0 Å². The highest BCUT2D eigenvalue weighted by molar-refractivity contribution is 5.95. The second-order valence-corrected chi connectivity index (χ2v) is 6.18. The van der Waals surface area contributed by atoms with Crippen molar-refractivity contribution in [3.05, 3.63) is 23.8 Å². The number of esters is 1. The number of amides is 2. The van der Waals surface area contributed by atoms with Crippen LogP contribution in [0.15, 0.2) is 18.2 Å². The molecule has 0 spiro atoms. The molecule has 1 aliphatic rings. The van der Waals surface area contributed by atoms with E-state index in [1.165, 1.54) is 12.1 Å². The third kappa shape index (κ3) is 5.65. The van der Waals surface area contributed by atoms with E-state index >= 15 is 0 Å². The van der Waals surface area contributed by atoms with Crippen LogP contribution in [0.4, 0.5) is 0 Å². The van der Waals surface area contributed by atoms with E-state index in [2.05, 4.69) is 5.32 Å². The largest absolute Gasteiger partial charge is 0.508 e. The molecule has 1 aromatic carbocycles. The van der Waals surface area contributed by atoms with Crippen molar-refractivity contribution in [3.8, 4) is 11.5 Å². The predicted molar refractivity (Wildman–Crippen MR) is 92.7 cm³/mol. The lowest BCUT2D eigenvalue weighted by Gasteiger charge is -2.32. The average Bonchev–Trinajstić information content (AvgIpc) is 2.59. The molecule has 0 radical (unpaired) electrons. The van der Waals surface area contributed by atoms with Gasteiger partial charge in [0, 0.05) is 37.2 Å². The minimum atomic E-state index is -0.391. The Labute approximate surface area is 151 Å². The summed E-state index contributed by atoms with van der Waals surface area (Å²) in [6, 6.07) is 3.73. The van der Waals surface area contributed by atoms with Crippen LogP contribution in [0.25, 0.3) is 0 Å². The molecule has 2 rings (SSSR count). The van der Waals surface area contributed by atoms with Crippen LogP contribution in [-0.2, 0) is 14.3 Å². The number of benzene rings is 1. The summed E-state index contributed by atoms with van der Waals surface area (Å²) in [5, 5.41) is 21.9. The highest BCUT2D eigenvalue weighted by Crippen LogP contribution is 2.22. The Morgan fingerprint density at radius 1 is 1.12 bits per heavy atom. The third-order valence-electron chi connectivity index (χ3n) is 4.16. The van der Waals surface area contributed by atoms with Gasteiger partial charge in [-0.3, -0.25) is 14.4 Å². The minimum Gasteiger partial charge on any atom is -0.508 e. The third-order valence-corrected chi connectivity index (χ3v) is 4.16. The van der Waals surface area contributed by atoms with Crippen molar-refractivity contribution in [1.29, 1.82) is 0 Å². The van der Waals surface area contributed by atoms with Crippen molar-refractivity contribution >= 4 is 17.8 Å². The summed E-state index contributed by atoms with van der Waals surface area (Å²) < 4.78 is 4.78. The number of piperidine rings is 1. The van der Waals surface area contributed by atoms with Crippen molar-refractivity contribution in [2.24, 2.45) is 0 Å². The Morgan fingerprint density at radius 2 is 1.73 bits per heavy atom. The van der Waals surface area contributed by atoms with E-state index in [0.717, 1.165) is 6.07 Å². The summed E-state index contributed by atoms with van der Waals surface area (Å²) in [5.41, 5.74) is 0.222. The molecular formula is C18H24N2O6. The summed E-state index contributed by atoms with van der Waals surface area (Å²) in [6.07, 6.45) is 1.34. The quantitative estimate of drug-likeness (QED) is 0.652.